The fourth-order valence-electron chi connectivity index (χ4n) is 4.06. The summed E-state index contributed by atoms with van der Waals surface area (Å²) in [5.74, 6) is 0.477. The van der Waals surface area contributed by atoms with Gasteiger partial charge >= 0.3 is 6.03 Å². The topological polar surface area (TPSA) is 61.4 Å². The van der Waals surface area contributed by atoms with E-state index in [0.29, 0.717) is 29.1 Å². The first kappa shape index (κ1) is 20.0. The monoisotopic (exact) mass is 391 g/mol. The number of halogens is 1. The maximum Gasteiger partial charge on any atom is 0.317 e. The van der Waals surface area contributed by atoms with E-state index in [0.717, 1.165) is 45.2 Å². The molecule has 27 heavy (non-hydrogen) atoms. The van der Waals surface area contributed by atoms with Crippen LogP contribution in [0.4, 0.5) is 4.79 Å². The molecule has 1 saturated carbocycles. The zero-order chi connectivity index (χ0) is 19.1. The molecule has 148 valence electrons. The average molecular weight is 392 g/mol. The molecule has 3 rings (SSSR count). The van der Waals surface area contributed by atoms with Gasteiger partial charge < -0.3 is 15.5 Å². The summed E-state index contributed by atoms with van der Waals surface area (Å²) in [6.45, 7) is 2.28. The van der Waals surface area contributed by atoms with Crippen LogP contribution in [0, 0.1) is 5.92 Å². The van der Waals surface area contributed by atoms with E-state index in [9.17, 15) is 9.59 Å². The van der Waals surface area contributed by atoms with Gasteiger partial charge in [0, 0.05) is 36.3 Å². The Labute approximate surface area is 166 Å². The smallest absolute Gasteiger partial charge is 0.317 e. The summed E-state index contributed by atoms with van der Waals surface area (Å²) in [5, 5.41) is 6.75. The summed E-state index contributed by atoms with van der Waals surface area (Å²) < 4.78 is 0. The predicted octanol–water partition coefficient (Wildman–Crippen LogP) is 4.21. The highest BCUT2D eigenvalue weighted by Crippen LogP contribution is 2.22. The minimum atomic E-state index is -0.0817. The molecule has 6 heteroatoms. The summed E-state index contributed by atoms with van der Waals surface area (Å²) in [7, 11) is 0. The first-order valence-corrected chi connectivity index (χ1v) is 10.6. The van der Waals surface area contributed by atoms with Crippen LogP contribution in [0.5, 0.6) is 0 Å². The van der Waals surface area contributed by atoms with Crippen LogP contribution < -0.4 is 10.6 Å². The van der Waals surface area contributed by atoms with Crippen LogP contribution in [-0.2, 0) is 0 Å². The van der Waals surface area contributed by atoms with Crippen molar-refractivity contribution >= 4 is 23.5 Å². The second-order valence-corrected chi connectivity index (χ2v) is 8.21. The third-order valence-corrected chi connectivity index (χ3v) is 5.99. The van der Waals surface area contributed by atoms with Crippen LogP contribution in [0.25, 0.3) is 0 Å². The lowest BCUT2D eigenvalue weighted by molar-refractivity contribution is 0.0949. The van der Waals surface area contributed by atoms with Gasteiger partial charge in [-0.05, 0) is 56.2 Å². The fraction of sp³-hybridized carbons (Fsp3) is 0.619. The molecule has 0 radical (unpaired) electrons. The number of hydrogen-bond donors (Lipinski definition) is 2. The Bertz CT molecular complexity index is 638. The molecule has 1 saturated heterocycles. The summed E-state index contributed by atoms with van der Waals surface area (Å²) in [5.41, 5.74) is 0.594. The largest absolute Gasteiger partial charge is 0.352 e. The number of hydrogen-bond acceptors (Lipinski definition) is 2. The van der Waals surface area contributed by atoms with Crippen LogP contribution in [0.3, 0.4) is 0 Å². The van der Waals surface area contributed by atoms with Gasteiger partial charge in [0.15, 0.2) is 0 Å². The molecule has 5 nitrogen and oxygen atoms in total. The first-order chi connectivity index (χ1) is 13.1. The molecule has 2 N–H and O–H groups in total. The second-order valence-electron chi connectivity index (χ2n) is 7.77. The molecule has 3 amide bonds. The Hall–Kier alpha value is -1.75. The Morgan fingerprint density at radius 3 is 2.52 bits per heavy atom. The van der Waals surface area contributed by atoms with Crippen molar-refractivity contribution in [1.29, 1.82) is 0 Å². The van der Waals surface area contributed by atoms with E-state index in [2.05, 4.69) is 10.6 Å². The Kier molecular flexibility index (Phi) is 7.39. The number of amides is 3. The van der Waals surface area contributed by atoms with Gasteiger partial charge in [0.2, 0.25) is 0 Å². The normalized spacial score (nSPS) is 18.9. The first-order valence-electron chi connectivity index (χ1n) is 10.2. The van der Waals surface area contributed by atoms with Gasteiger partial charge in [-0.3, -0.25) is 4.79 Å². The minimum absolute atomic E-state index is 0.0817. The minimum Gasteiger partial charge on any atom is -0.352 e. The van der Waals surface area contributed by atoms with Crippen molar-refractivity contribution in [2.75, 3.05) is 19.6 Å². The highest BCUT2D eigenvalue weighted by atomic mass is 35.5. The summed E-state index contributed by atoms with van der Waals surface area (Å²) in [6.07, 6.45) is 8.96. The maximum atomic E-state index is 12.4. The van der Waals surface area contributed by atoms with Gasteiger partial charge in [-0.2, -0.15) is 0 Å². The van der Waals surface area contributed by atoms with Crippen molar-refractivity contribution in [2.45, 2.75) is 57.4 Å². The molecular formula is C21H30ClN3O2. The number of benzene rings is 1. The quantitative estimate of drug-likeness (QED) is 0.789. The van der Waals surface area contributed by atoms with E-state index in [1.165, 1.54) is 19.3 Å². The van der Waals surface area contributed by atoms with Crippen LogP contribution in [-0.4, -0.2) is 42.5 Å². The molecule has 0 bridgehead atoms. The van der Waals surface area contributed by atoms with Gasteiger partial charge in [0.05, 0.1) is 0 Å². The zero-order valence-electron chi connectivity index (χ0n) is 15.9. The highest BCUT2D eigenvalue weighted by molar-refractivity contribution is 6.30. The van der Waals surface area contributed by atoms with Crippen molar-refractivity contribution in [3.8, 4) is 0 Å². The molecule has 1 aromatic rings. The lowest BCUT2D eigenvalue weighted by atomic mass is 9.93. The summed E-state index contributed by atoms with van der Waals surface area (Å²) >= 11 is 5.93. The number of rotatable bonds is 5. The van der Waals surface area contributed by atoms with E-state index in [-0.39, 0.29) is 11.9 Å². The van der Waals surface area contributed by atoms with E-state index < -0.39 is 0 Å². The number of nitrogens with zero attached hydrogens (tertiary/aromatic N) is 1. The Balaban J connectivity index is 1.33. The highest BCUT2D eigenvalue weighted by Gasteiger charge is 2.24. The predicted molar refractivity (Wildman–Crippen MR) is 108 cm³/mol. The van der Waals surface area contributed by atoms with Crippen LogP contribution in [0.1, 0.15) is 61.7 Å². The van der Waals surface area contributed by atoms with Crippen molar-refractivity contribution in [1.82, 2.24) is 15.5 Å². The van der Waals surface area contributed by atoms with E-state index in [4.69, 9.17) is 11.6 Å². The van der Waals surface area contributed by atoms with Crippen LogP contribution in [0.15, 0.2) is 24.3 Å². The van der Waals surface area contributed by atoms with Gasteiger partial charge in [0.25, 0.3) is 5.91 Å². The third-order valence-electron chi connectivity index (χ3n) is 5.76. The fourth-order valence-corrected chi connectivity index (χ4v) is 4.25. The van der Waals surface area contributed by atoms with E-state index in [1.807, 2.05) is 4.90 Å². The molecule has 0 spiro atoms. The lowest BCUT2D eigenvalue weighted by Gasteiger charge is -2.34. The van der Waals surface area contributed by atoms with Crippen molar-refractivity contribution < 1.29 is 9.59 Å². The van der Waals surface area contributed by atoms with Crippen molar-refractivity contribution in [2.24, 2.45) is 5.92 Å². The molecular weight excluding hydrogens is 362 g/mol. The second kappa shape index (κ2) is 9.98. The molecule has 0 aromatic heterocycles. The standard InChI is InChI=1S/C21H30ClN3O2/c22-18-6-4-5-17(15-18)20(26)23-12-9-16-10-13-25(14-11-16)21(27)24-19-7-2-1-3-8-19/h4-6,15-16,19H,1-3,7-14H2,(H,23,26)(H,24,27). The number of carbonyl (C=O) groups excluding carboxylic acids is 2. The summed E-state index contributed by atoms with van der Waals surface area (Å²) in [6, 6.07) is 7.47. The molecule has 2 aliphatic rings. The van der Waals surface area contributed by atoms with Crippen LogP contribution >= 0.6 is 11.6 Å². The van der Waals surface area contributed by atoms with Crippen molar-refractivity contribution in [3.63, 3.8) is 0 Å². The summed E-state index contributed by atoms with van der Waals surface area (Å²) in [4.78, 5) is 26.5. The number of likely N-dealkylation sites (tertiary alicyclic amines) is 1. The molecule has 0 atom stereocenters. The van der Waals surface area contributed by atoms with E-state index >= 15 is 0 Å². The van der Waals surface area contributed by atoms with Gasteiger partial charge in [0.1, 0.15) is 0 Å². The average Bonchev–Trinajstić information content (AvgIpc) is 2.69. The lowest BCUT2D eigenvalue weighted by Crippen LogP contribution is -2.48. The number of carbonyl (C=O) groups is 2. The molecule has 2 fully saturated rings. The molecule has 1 aliphatic carbocycles. The number of nitrogens with one attached hydrogen (secondary N) is 2. The zero-order valence-corrected chi connectivity index (χ0v) is 16.6. The van der Waals surface area contributed by atoms with Gasteiger partial charge in [-0.1, -0.05) is 36.9 Å². The van der Waals surface area contributed by atoms with Gasteiger partial charge in [-0.25, -0.2) is 4.79 Å². The molecule has 1 aliphatic heterocycles. The Morgan fingerprint density at radius 1 is 1.07 bits per heavy atom. The van der Waals surface area contributed by atoms with Crippen LogP contribution in [0.2, 0.25) is 5.02 Å². The van der Waals surface area contributed by atoms with E-state index in [1.54, 1.807) is 24.3 Å². The SMILES string of the molecule is O=C(NCCC1CCN(C(=O)NC2CCCCC2)CC1)c1cccc(Cl)c1. The van der Waals surface area contributed by atoms with Gasteiger partial charge in [-0.15, -0.1) is 0 Å². The number of piperidine rings is 1. The molecule has 0 unspecified atom stereocenters. The third kappa shape index (κ3) is 6.13. The van der Waals surface area contributed by atoms with Crippen molar-refractivity contribution in [3.05, 3.63) is 34.9 Å². The molecule has 1 heterocycles. The molecule has 1 aromatic carbocycles. The maximum absolute atomic E-state index is 12.4. The number of urea groups is 1. The Morgan fingerprint density at radius 2 is 1.81 bits per heavy atom.